The molecule has 0 amide bonds. The zero-order chi connectivity index (χ0) is 14.8. The van der Waals surface area contributed by atoms with Crippen LogP contribution in [0.3, 0.4) is 0 Å². The molecule has 1 heterocycles. The highest BCUT2D eigenvalue weighted by molar-refractivity contribution is 5.74. The first-order chi connectivity index (χ1) is 10.9. The molecule has 0 aliphatic carbocycles. The summed E-state index contributed by atoms with van der Waals surface area (Å²) in [7, 11) is 0. The molecule has 3 nitrogen and oxygen atoms in total. The van der Waals surface area contributed by atoms with Crippen LogP contribution in [0.15, 0.2) is 94.3 Å². The van der Waals surface area contributed by atoms with Gasteiger partial charge in [-0.05, 0) is 36.4 Å². The van der Waals surface area contributed by atoms with E-state index in [0.717, 1.165) is 22.5 Å². The minimum Gasteiger partial charge on any atom is -0.423 e. The molecular formula is C19H14N2O. The van der Waals surface area contributed by atoms with Gasteiger partial charge in [-0.3, -0.25) is 4.57 Å². The number of oxazole rings is 1. The second-order valence-corrected chi connectivity index (χ2v) is 4.97. The van der Waals surface area contributed by atoms with Crippen LogP contribution in [0.25, 0.3) is 16.8 Å². The Morgan fingerprint density at radius 2 is 1.32 bits per heavy atom. The van der Waals surface area contributed by atoms with E-state index in [1.165, 1.54) is 0 Å². The van der Waals surface area contributed by atoms with E-state index in [-0.39, 0.29) is 0 Å². The lowest BCUT2D eigenvalue weighted by molar-refractivity contribution is 0.522. The van der Waals surface area contributed by atoms with Crippen LogP contribution >= 0.6 is 0 Å². The van der Waals surface area contributed by atoms with Crippen molar-refractivity contribution in [3.63, 3.8) is 0 Å². The Hall–Kier alpha value is -3.07. The molecule has 4 rings (SSSR count). The van der Waals surface area contributed by atoms with Crippen molar-refractivity contribution >= 4 is 16.8 Å². The summed E-state index contributed by atoms with van der Waals surface area (Å²) in [6, 6.07) is 27.9. The third-order valence-corrected chi connectivity index (χ3v) is 3.49. The smallest absolute Gasteiger partial charge is 0.307 e. The first kappa shape index (κ1) is 12.7. The largest absolute Gasteiger partial charge is 0.423 e. The topological polar surface area (TPSA) is 30.4 Å². The van der Waals surface area contributed by atoms with Gasteiger partial charge in [0.15, 0.2) is 5.58 Å². The van der Waals surface area contributed by atoms with Gasteiger partial charge in [-0.25, -0.2) is 0 Å². The molecule has 0 saturated heterocycles. The molecule has 0 aliphatic heterocycles. The second kappa shape index (κ2) is 5.37. The Labute approximate surface area is 127 Å². The van der Waals surface area contributed by atoms with Gasteiger partial charge in [0.2, 0.25) is 0 Å². The molecule has 0 bridgehead atoms. The highest BCUT2D eigenvalue weighted by atomic mass is 16.4. The molecule has 4 aromatic rings. The van der Waals surface area contributed by atoms with Gasteiger partial charge in [0.1, 0.15) is 0 Å². The van der Waals surface area contributed by atoms with Gasteiger partial charge in [-0.1, -0.05) is 48.5 Å². The van der Waals surface area contributed by atoms with E-state index in [4.69, 9.17) is 4.42 Å². The van der Waals surface area contributed by atoms with E-state index in [1.807, 2.05) is 89.5 Å². The first-order valence-corrected chi connectivity index (χ1v) is 7.17. The summed E-state index contributed by atoms with van der Waals surface area (Å²) >= 11 is 0. The molecule has 3 heteroatoms. The molecular weight excluding hydrogens is 272 g/mol. The van der Waals surface area contributed by atoms with E-state index in [9.17, 15) is 0 Å². The van der Waals surface area contributed by atoms with E-state index in [2.05, 4.69) is 4.99 Å². The number of para-hydroxylation sites is 4. The Kier molecular flexibility index (Phi) is 3.09. The number of rotatable bonds is 2. The molecule has 0 radical (unpaired) electrons. The van der Waals surface area contributed by atoms with Crippen molar-refractivity contribution in [2.75, 3.05) is 0 Å². The monoisotopic (exact) mass is 286 g/mol. The number of hydrogen-bond acceptors (Lipinski definition) is 2. The Morgan fingerprint density at radius 3 is 2.09 bits per heavy atom. The predicted molar refractivity (Wildman–Crippen MR) is 87.2 cm³/mol. The van der Waals surface area contributed by atoms with Crippen LogP contribution in [-0.2, 0) is 0 Å². The Balaban J connectivity index is 2.05. The van der Waals surface area contributed by atoms with Crippen molar-refractivity contribution in [3.05, 3.63) is 90.6 Å². The minimum atomic E-state index is 0.568. The maximum Gasteiger partial charge on any atom is 0.307 e. The van der Waals surface area contributed by atoms with Crippen molar-refractivity contribution in [2.24, 2.45) is 4.99 Å². The van der Waals surface area contributed by atoms with Crippen LogP contribution in [0.2, 0.25) is 0 Å². The molecule has 0 fully saturated rings. The normalized spacial score (nSPS) is 11.9. The van der Waals surface area contributed by atoms with Gasteiger partial charge in [0.25, 0.3) is 0 Å². The molecule has 0 atom stereocenters. The minimum absolute atomic E-state index is 0.568. The van der Waals surface area contributed by atoms with Gasteiger partial charge in [0, 0.05) is 0 Å². The molecule has 3 aromatic carbocycles. The molecule has 106 valence electrons. The van der Waals surface area contributed by atoms with Crippen molar-refractivity contribution in [3.8, 4) is 5.69 Å². The SMILES string of the molecule is c1ccc(N=c2oc3ccccc3n2-c2ccccc2)cc1. The van der Waals surface area contributed by atoms with Crippen LogP contribution in [0.1, 0.15) is 0 Å². The summed E-state index contributed by atoms with van der Waals surface area (Å²) in [4.78, 5) is 4.65. The molecule has 0 unspecified atom stereocenters. The van der Waals surface area contributed by atoms with Gasteiger partial charge in [0.05, 0.1) is 16.9 Å². The van der Waals surface area contributed by atoms with Gasteiger partial charge in [-0.15, -0.1) is 0 Å². The third kappa shape index (κ3) is 2.23. The lowest BCUT2D eigenvalue weighted by Crippen LogP contribution is -2.13. The molecule has 0 spiro atoms. The van der Waals surface area contributed by atoms with Crippen LogP contribution in [0, 0.1) is 0 Å². The Bertz CT molecular complexity index is 966. The van der Waals surface area contributed by atoms with E-state index >= 15 is 0 Å². The highest BCUT2D eigenvalue weighted by Crippen LogP contribution is 2.18. The summed E-state index contributed by atoms with van der Waals surface area (Å²) in [5.74, 6) is 0. The average molecular weight is 286 g/mol. The van der Waals surface area contributed by atoms with Gasteiger partial charge < -0.3 is 4.42 Å². The summed E-state index contributed by atoms with van der Waals surface area (Å²) in [6.07, 6.45) is 0. The number of fused-ring (bicyclic) bond motifs is 1. The summed E-state index contributed by atoms with van der Waals surface area (Å²) in [5.41, 5.74) is 4.29. The third-order valence-electron chi connectivity index (χ3n) is 3.49. The zero-order valence-corrected chi connectivity index (χ0v) is 11.9. The molecule has 0 saturated carbocycles. The number of benzene rings is 3. The van der Waals surface area contributed by atoms with Crippen LogP contribution < -0.4 is 5.68 Å². The number of hydrogen-bond donors (Lipinski definition) is 0. The van der Waals surface area contributed by atoms with Crippen LogP contribution in [0.4, 0.5) is 5.69 Å². The maximum absolute atomic E-state index is 5.95. The highest BCUT2D eigenvalue weighted by Gasteiger charge is 2.08. The molecule has 22 heavy (non-hydrogen) atoms. The standard InChI is InChI=1S/C19H14N2O/c1-3-9-15(10-4-1)20-19-21(16-11-5-2-6-12-16)17-13-7-8-14-18(17)22-19/h1-14H. The van der Waals surface area contributed by atoms with E-state index < -0.39 is 0 Å². The predicted octanol–water partition coefficient (Wildman–Crippen LogP) is 4.46. The van der Waals surface area contributed by atoms with Gasteiger partial charge in [-0.2, -0.15) is 4.99 Å². The van der Waals surface area contributed by atoms with E-state index in [0.29, 0.717) is 5.68 Å². The molecule has 0 aliphatic rings. The van der Waals surface area contributed by atoms with Crippen LogP contribution in [0.5, 0.6) is 0 Å². The van der Waals surface area contributed by atoms with Gasteiger partial charge >= 0.3 is 5.68 Å². The zero-order valence-electron chi connectivity index (χ0n) is 11.9. The lowest BCUT2D eigenvalue weighted by Gasteiger charge is -2.02. The van der Waals surface area contributed by atoms with Crippen molar-refractivity contribution in [1.82, 2.24) is 4.57 Å². The van der Waals surface area contributed by atoms with Crippen molar-refractivity contribution < 1.29 is 4.42 Å². The average Bonchev–Trinajstić information content (AvgIpc) is 2.94. The molecule has 1 aromatic heterocycles. The van der Waals surface area contributed by atoms with Crippen molar-refractivity contribution in [1.29, 1.82) is 0 Å². The Morgan fingerprint density at radius 1 is 0.682 bits per heavy atom. The van der Waals surface area contributed by atoms with Crippen LogP contribution in [-0.4, -0.2) is 4.57 Å². The summed E-state index contributed by atoms with van der Waals surface area (Å²) in [5, 5.41) is 0. The quantitative estimate of drug-likeness (QED) is 0.535. The van der Waals surface area contributed by atoms with Crippen molar-refractivity contribution in [2.45, 2.75) is 0 Å². The second-order valence-electron chi connectivity index (χ2n) is 4.97. The first-order valence-electron chi connectivity index (χ1n) is 7.17. The summed E-state index contributed by atoms with van der Waals surface area (Å²) in [6.45, 7) is 0. The number of nitrogens with zero attached hydrogens (tertiary/aromatic N) is 2. The maximum atomic E-state index is 5.95. The fraction of sp³-hybridized carbons (Fsp3) is 0. The van der Waals surface area contributed by atoms with E-state index in [1.54, 1.807) is 0 Å². The lowest BCUT2D eigenvalue weighted by atomic mass is 10.3. The fourth-order valence-corrected chi connectivity index (χ4v) is 2.49. The molecule has 0 N–H and O–H groups in total. The number of aromatic nitrogens is 1. The summed E-state index contributed by atoms with van der Waals surface area (Å²) < 4.78 is 7.98. The fourth-order valence-electron chi connectivity index (χ4n) is 2.49.